The molecule has 1 aromatic rings. The fourth-order valence-corrected chi connectivity index (χ4v) is 2.54. The fraction of sp³-hybridized carbons (Fsp3) is 0.400. The highest BCUT2D eigenvalue weighted by atomic mass is 79.9. The Morgan fingerprint density at radius 1 is 1.43 bits per heavy atom. The summed E-state index contributed by atoms with van der Waals surface area (Å²) in [6.45, 7) is 1.11. The quantitative estimate of drug-likeness (QED) is 0.827. The Balaban J connectivity index is 0.000000980. The van der Waals surface area contributed by atoms with Crippen molar-refractivity contribution in [2.45, 2.75) is 18.9 Å². The molecule has 0 spiro atoms. The molecule has 0 unspecified atom stereocenters. The van der Waals surface area contributed by atoms with Crippen molar-refractivity contribution in [2.24, 2.45) is 0 Å². The largest absolute Gasteiger partial charge is 0.310 e. The Hall–Kier alpha value is 0.240. The standard InChI is InChI=1S/C10H11BrClN.ClH/c11-7-3-4-8(9(12)6-7)10-2-1-5-13-10;/h3-4,6,10,13H,1-2,5H2;1H/t10-;/m0./s1. The van der Waals surface area contributed by atoms with E-state index in [2.05, 4.69) is 27.3 Å². The summed E-state index contributed by atoms with van der Waals surface area (Å²) in [7, 11) is 0. The van der Waals surface area contributed by atoms with Gasteiger partial charge in [-0.1, -0.05) is 33.6 Å². The van der Waals surface area contributed by atoms with Crippen LogP contribution in [0, 0.1) is 0 Å². The highest BCUT2D eigenvalue weighted by Gasteiger charge is 2.18. The number of rotatable bonds is 1. The average Bonchev–Trinajstić information content (AvgIpc) is 2.56. The lowest BCUT2D eigenvalue weighted by Crippen LogP contribution is -2.13. The van der Waals surface area contributed by atoms with E-state index in [4.69, 9.17) is 11.6 Å². The first-order chi connectivity index (χ1) is 6.27. The van der Waals surface area contributed by atoms with E-state index in [9.17, 15) is 0 Å². The zero-order valence-corrected chi connectivity index (χ0v) is 10.8. The SMILES string of the molecule is Cl.Clc1cc(Br)ccc1[C@@H]1CCCN1. The molecule has 1 N–H and O–H groups in total. The first-order valence-corrected chi connectivity index (χ1v) is 5.63. The first kappa shape index (κ1) is 12.3. The molecule has 0 amide bonds. The maximum atomic E-state index is 6.14. The van der Waals surface area contributed by atoms with E-state index in [-0.39, 0.29) is 12.4 Å². The van der Waals surface area contributed by atoms with E-state index in [1.165, 1.54) is 18.4 Å². The van der Waals surface area contributed by atoms with Crippen molar-refractivity contribution in [3.8, 4) is 0 Å². The molecule has 1 aliphatic rings. The summed E-state index contributed by atoms with van der Waals surface area (Å²) in [6, 6.07) is 6.55. The summed E-state index contributed by atoms with van der Waals surface area (Å²) in [4.78, 5) is 0. The Labute approximate surface area is 104 Å². The third-order valence-corrected chi connectivity index (χ3v) is 3.22. The van der Waals surface area contributed by atoms with E-state index in [1.54, 1.807) is 0 Å². The molecule has 2 rings (SSSR count). The van der Waals surface area contributed by atoms with Gasteiger partial charge in [-0.05, 0) is 37.1 Å². The monoisotopic (exact) mass is 295 g/mol. The lowest BCUT2D eigenvalue weighted by molar-refractivity contribution is 0.648. The van der Waals surface area contributed by atoms with Gasteiger partial charge in [0.15, 0.2) is 0 Å². The molecule has 1 saturated heterocycles. The lowest BCUT2D eigenvalue weighted by Gasteiger charge is -2.12. The van der Waals surface area contributed by atoms with Gasteiger partial charge in [0.25, 0.3) is 0 Å². The normalized spacial score (nSPS) is 20.6. The number of hydrogen-bond donors (Lipinski definition) is 1. The Morgan fingerprint density at radius 3 is 2.79 bits per heavy atom. The maximum absolute atomic E-state index is 6.14. The summed E-state index contributed by atoms with van der Waals surface area (Å²) < 4.78 is 1.04. The first-order valence-electron chi connectivity index (χ1n) is 4.46. The molecule has 0 aromatic heterocycles. The highest BCUT2D eigenvalue weighted by molar-refractivity contribution is 9.10. The summed E-state index contributed by atoms with van der Waals surface area (Å²) in [5, 5.41) is 4.29. The Bertz CT molecular complexity index is 311. The molecule has 1 heterocycles. The molecule has 14 heavy (non-hydrogen) atoms. The van der Waals surface area contributed by atoms with E-state index >= 15 is 0 Å². The van der Waals surface area contributed by atoms with Crippen molar-refractivity contribution < 1.29 is 0 Å². The summed E-state index contributed by atoms with van der Waals surface area (Å²) in [6.07, 6.45) is 2.44. The summed E-state index contributed by atoms with van der Waals surface area (Å²) >= 11 is 9.54. The topological polar surface area (TPSA) is 12.0 Å². The molecule has 1 fully saturated rings. The second-order valence-corrected chi connectivity index (χ2v) is 4.64. The van der Waals surface area contributed by atoms with E-state index in [0.717, 1.165) is 16.0 Å². The molecule has 78 valence electrons. The fourth-order valence-electron chi connectivity index (χ4n) is 1.73. The van der Waals surface area contributed by atoms with Gasteiger partial charge in [0.2, 0.25) is 0 Å². The van der Waals surface area contributed by atoms with Gasteiger partial charge in [-0.2, -0.15) is 0 Å². The Kier molecular flexibility index (Phi) is 4.71. The van der Waals surface area contributed by atoms with Gasteiger partial charge in [0.1, 0.15) is 0 Å². The van der Waals surface area contributed by atoms with Crippen LogP contribution in [0.2, 0.25) is 5.02 Å². The molecule has 0 saturated carbocycles. The van der Waals surface area contributed by atoms with Crippen LogP contribution in [0.5, 0.6) is 0 Å². The van der Waals surface area contributed by atoms with Gasteiger partial charge >= 0.3 is 0 Å². The van der Waals surface area contributed by atoms with Crippen molar-refractivity contribution in [1.29, 1.82) is 0 Å². The molecular formula is C10H12BrCl2N. The molecule has 1 atom stereocenters. The molecule has 0 bridgehead atoms. The van der Waals surface area contributed by atoms with Crippen molar-refractivity contribution in [1.82, 2.24) is 5.32 Å². The highest BCUT2D eigenvalue weighted by Crippen LogP contribution is 2.30. The minimum absolute atomic E-state index is 0. The second kappa shape index (κ2) is 5.36. The number of halogens is 3. The van der Waals surface area contributed by atoms with E-state index < -0.39 is 0 Å². The third-order valence-electron chi connectivity index (χ3n) is 2.40. The predicted octanol–water partition coefficient (Wildman–Crippen LogP) is 3.95. The van der Waals surface area contributed by atoms with Crippen molar-refractivity contribution in [3.63, 3.8) is 0 Å². The molecule has 0 aliphatic carbocycles. The van der Waals surface area contributed by atoms with Crippen LogP contribution in [0.25, 0.3) is 0 Å². The summed E-state index contributed by atoms with van der Waals surface area (Å²) in [5.41, 5.74) is 1.22. The predicted molar refractivity (Wildman–Crippen MR) is 66.4 cm³/mol. The molecule has 1 aromatic carbocycles. The van der Waals surface area contributed by atoms with Gasteiger partial charge in [0.05, 0.1) is 0 Å². The van der Waals surface area contributed by atoms with Crippen LogP contribution in [0.15, 0.2) is 22.7 Å². The van der Waals surface area contributed by atoms with Crippen LogP contribution in [-0.4, -0.2) is 6.54 Å². The number of hydrogen-bond acceptors (Lipinski definition) is 1. The van der Waals surface area contributed by atoms with Crippen molar-refractivity contribution in [2.75, 3.05) is 6.54 Å². The van der Waals surface area contributed by atoms with E-state index in [0.29, 0.717) is 6.04 Å². The summed E-state index contributed by atoms with van der Waals surface area (Å²) in [5.74, 6) is 0. The lowest BCUT2D eigenvalue weighted by atomic mass is 10.1. The number of nitrogens with one attached hydrogen (secondary N) is 1. The van der Waals surface area contributed by atoms with Crippen molar-refractivity contribution in [3.05, 3.63) is 33.3 Å². The van der Waals surface area contributed by atoms with Gasteiger partial charge in [-0.3, -0.25) is 0 Å². The van der Waals surface area contributed by atoms with Crippen molar-refractivity contribution >= 4 is 39.9 Å². The van der Waals surface area contributed by atoms with Gasteiger partial charge in [-0.25, -0.2) is 0 Å². The zero-order valence-electron chi connectivity index (χ0n) is 7.59. The average molecular weight is 297 g/mol. The molecule has 1 nitrogen and oxygen atoms in total. The van der Waals surface area contributed by atoms with Crippen LogP contribution in [0.3, 0.4) is 0 Å². The smallest absolute Gasteiger partial charge is 0.0465 e. The van der Waals surface area contributed by atoms with Crippen LogP contribution >= 0.6 is 39.9 Å². The van der Waals surface area contributed by atoms with Crippen LogP contribution in [0.4, 0.5) is 0 Å². The zero-order chi connectivity index (χ0) is 9.26. The molecule has 1 aliphatic heterocycles. The molecular weight excluding hydrogens is 285 g/mol. The van der Waals surface area contributed by atoms with E-state index in [1.807, 2.05) is 12.1 Å². The van der Waals surface area contributed by atoms with Crippen LogP contribution in [0.1, 0.15) is 24.4 Å². The molecule has 0 radical (unpaired) electrons. The molecule has 4 heteroatoms. The minimum Gasteiger partial charge on any atom is -0.310 e. The van der Waals surface area contributed by atoms with Gasteiger partial charge in [0, 0.05) is 15.5 Å². The minimum atomic E-state index is 0. The van der Waals surface area contributed by atoms with Crippen LogP contribution < -0.4 is 5.32 Å². The van der Waals surface area contributed by atoms with Crippen LogP contribution in [-0.2, 0) is 0 Å². The second-order valence-electron chi connectivity index (χ2n) is 3.31. The van der Waals surface area contributed by atoms with Gasteiger partial charge in [-0.15, -0.1) is 12.4 Å². The maximum Gasteiger partial charge on any atom is 0.0465 e. The number of benzene rings is 1. The van der Waals surface area contributed by atoms with Gasteiger partial charge < -0.3 is 5.32 Å². The third kappa shape index (κ3) is 2.63. The Morgan fingerprint density at radius 2 is 2.21 bits per heavy atom.